The molecule has 1 saturated heterocycles. The molecule has 1 spiro atoms. The summed E-state index contributed by atoms with van der Waals surface area (Å²) in [5, 5.41) is 14.6. The van der Waals surface area contributed by atoms with Gasteiger partial charge in [0.2, 0.25) is 5.91 Å². The molecular formula is C20H29N3O3. The van der Waals surface area contributed by atoms with Crippen molar-refractivity contribution in [3.8, 4) is 0 Å². The van der Waals surface area contributed by atoms with Crippen molar-refractivity contribution in [2.75, 3.05) is 13.1 Å². The third-order valence-corrected chi connectivity index (χ3v) is 6.93. The first-order valence-electron chi connectivity index (χ1n) is 9.77. The van der Waals surface area contributed by atoms with E-state index in [-0.39, 0.29) is 17.2 Å². The van der Waals surface area contributed by atoms with E-state index in [1.807, 2.05) is 11.0 Å². The summed E-state index contributed by atoms with van der Waals surface area (Å²) in [6.07, 6.45) is 7.30. The van der Waals surface area contributed by atoms with Crippen LogP contribution in [-0.4, -0.2) is 44.8 Å². The summed E-state index contributed by atoms with van der Waals surface area (Å²) in [5.41, 5.74) is 0.0477. The zero-order valence-corrected chi connectivity index (χ0v) is 16.0. The third kappa shape index (κ3) is 2.57. The first-order valence-corrected chi connectivity index (χ1v) is 9.77. The van der Waals surface area contributed by atoms with Crippen LogP contribution in [0.3, 0.4) is 0 Å². The topological polar surface area (TPSA) is 75.4 Å². The predicted octanol–water partition coefficient (Wildman–Crippen LogP) is 2.77. The minimum Gasteiger partial charge on any atom is -0.479 e. The highest BCUT2D eigenvalue weighted by Crippen LogP contribution is 2.66. The summed E-state index contributed by atoms with van der Waals surface area (Å²) in [7, 11) is 0. The fraction of sp³-hybridized carbons (Fsp3) is 0.750. The lowest BCUT2D eigenvalue weighted by atomic mass is 9.79. The summed E-state index contributed by atoms with van der Waals surface area (Å²) in [6, 6.07) is 1.91. The molecule has 0 radical (unpaired) electrons. The number of nitrogens with zero attached hydrogens (tertiary/aromatic N) is 3. The van der Waals surface area contributed by atoms with Crippen molar-refractivity contribution >= 4 is 11.9 Å². The van der Waals surface area contributed by atoms with Crippen molar-refractivity contribution in [2.24, 2.45) is 11.3 Å². The number of carbonyl (C=O) groups excluding carboxylic acids is 1. The second-order valence-electron chi connectivity index (χ2n) is 9.53. The van der Waals surface area contributed by atoms with Gasteiger partial charge in [-0.1, -0.05) is 27.2 Å². The molecule has 6 nitrogen and oxygen atoms in total. The molecular weight excluding hydrogens is 330 g/mol. The number of hydrogen-bond donors (Lipinski definition) is 1. The van der Waals surface area contributed by atoms with Gasteiger partial charge in [0.15, 0.2) is 5.54 Å². The fourth-order valence-electron chi connectivity index (χ4n) is 4.70. The highest BCUT2D eigenvalue weighted by atomic mass is 16.4. The third-order valence-electron chi connectivity index (χ3n) is 6.93. The molecule has 142 valence electrons. The molecule has 3 aliphatic rings. The molecule has 1 aromatic rings. The van der Waals surface area contributed by atoms with Crippen molar-refractivity contribution in [1.82, 2.24) is 14.7 Å². The van der Waals surface area contributed by atoms with Crippen molar-refractivity contribution < 1.29 is 14.7 Å². The molecule has 0 bridgehead atoms. The van der Waals surface area contributed by atoms with Gasteiger partial charge in [-0.05, 0) is 30.7 Å². The summed E-state index contributed by atoms with van der Waals surface area (Å²) in [5.74, 6) is -0.402. The highest BCUT2D eigenvalue weighted by Gasteiger charge is 2.62. The molecule has 2 aliphatic carbocycles. The molecule has 6 heteroatoms. The lowest BCUT2D eigenvalue weighted by molar-refractivity contribution is -0.154. The van der Waals surface area contributed by atoms with Crippen molar-refractivity contribution in [2.45, 2.75) is 70.3 Å². The van der Waals surface area contributed by atoms with Crippen LogP contribution in [0, 0.1) is 11.3 Å². The zero-order valence-electron chi connectivity index (χ0n) is 16.0. The summed E-state index contributed by atoms with van der Waals surface area (Å²) < 4.78 is 1.63. The van der Waals surface area contributed by atoms with Crippen LogP contribution in [0.2, 0.25) is 0 Å². The smallest absolute Gasteiger partial charge is 0.331 e. The summed E-state index contributed by atoms with van der Waals surface area (Å²) in [6.45, 7) is 7.21. The Labute approximate surface area is 154 Å². The largest absolute Gasteiger partial charge is 0.479 e. The van der Waals surface area contributed by atoms with Crippen LogP contribution in [0.4, 0.5) is 0 Å². The Hall–Kier alpha value is -1.85. The first-order chi connectivity index (χ1) is 12.2. The average molecular weight is 359 g/mol. The number of carbonyl (C=O) groups is 2. The van der Waals surface area contributed by atoms with E-state index >= 15 is 0 Å². The van der Waals surface area contributed by atoms with Gasteiger partial charge < -0.3 is 10.0 Å². The maximum atomic E-state index is 12.8. The molecule has 2 saturated carbocycles. The Balaban J connectivity index is 1.48. The first kappa shape index (κ1) is 17.6. The predicted molar refractivity (Wildman–Crippen MR) is 96.7 cm³/mol. The maximum absolute atomic E-state index is 12.8. The van der Waals surface area contributed by atoms with Gasteiger partial charge in [-0.2, -0.15) is 5.10 Å². The quantitative estimate of drug-likeness (QED) is 0.900. The Kier molecular flexibility index (Phi) is 3.76. The van der Waals surface area contributed by atoms with Crippen LogP contribution in [0.1, 0.15) is 65.0 Å². The monoisotopic (exact) mass is 359 g/mol. The minimum absolute atomic E-state index is 0.120. The van der Waals surface area contributed by atoms with Crippen molar-refractivity contribution in [3.05, 3.63) is 18.0 Å². The molecule has 1 N–H and O–H groups in total. The highest BCUT2D eigenvalue weighted by molar-refractivity contribution is 5.84. The number of aliphatic carboxylic acids is 1. The van der Waals surface area contributed by atoms with Crippen LogP contribution in [-0.2, 0) is 20.5 Å². The van der Waals surface area contributed by atoms with Crippen molar-refractivity contribution in [1.29, 1.82) is 0 Å². The number of hydrogen-bond acceptors (Lipinski definition) is 3. The van der Waals surface area contributed by atoms with E-state index in [1.54, 1.807) is 10.9 Å². The standard InChI is InChI=1S/C20H29N3O3/c1-18(2,3)15-5-10-23(21-15)20(17(25)26)8-11-22(12-9-20)16(24)14-13-19(14)6-4-7-19/h5,10,14H,4,6-9,11-13H2,1-3H3,(H,25,26)/t14-/m1/s1. The fourth-order valence-corrected chi connectivity index (χ4v) is 4.70. The number of carboxylic acid groups (broad SMARTS) is 1. The number of rotatable bonds is 3. The Morgan fingerprint density at radius 2 is 1.85 bits per heavy atom. The second kappa shape index (κ2) is 5.57. The molecule has 2 heterocycles. The molecule has 26 heavy (non-hydrogen) atoms. The van der Waals surface area contributed by atoms with E-state index in [1.165, 1.54) is 19.3 Å². The molecule has 3 fully saturated rings. The molecule has 1 atom stereocenters. The Bertz CT molecular complexity index is 734. The number of aromatic nitrogens is 2. The minimum atomic E-state index is -1.04. The lowest BCUT2D eigenvalue weighted by Crippen LogP contribution is -2.53. The van der Waals surface area contributed by atoms with Crippen LogP contribution in [0.15, 0.2) is 12.3 Å². The Morgan fingerprint density at radius 3 is 2.27 bits per heavy atom. The van der Waals surface area contributed by atoms with Crippen LogP contribution in [0.25, 0.3) is 0 Å². The zero-order chi connectivity index (χ0) is 18.7. The maximum Gasteiger partial charge on any atom is 0.331 e. The van der Waals surface area contributed by atoms with Gasteiger partial charge in [0, 0.05) is 43.5 Å². The van der Waals surface area contributed by atoms with Crippen molar-refractivity contribution in [3.63, 3.8) is 0 Å². The van der Waals surface area contributed by atoms with Gasteiger partial charge >= 0.3 is 5.97 Å². The molecule has 1 aliphatic heterocycles. The number of amides is 1. The van der Waals surface area contributed by atoms with E-state index < -0.39 is 11.5 Å². The van der Waals surface area contributed by atoms with Gasteiger partial charge in [-0.3, -0.25) is 9.48 Å². The average Bonchev–Trinajstić information content (AvgIpc) is 3.12. The van der Waals surface area contributed by atoms with E-state index in [9.17, 15) is 14.7 Å². The molecule has 1 aromatic heterocycles. The number of likely N-dealkylation sites (tertiary alicyclic amines) is 1. The summed E-state index contributed by atoms with van der Waals surface area (Å²) in [4.78, 5) is 26.8. The lowest BCUT2D eigenvalue weighted by Gasteiger charge is -2.39. The van der Waals surface area contributed by atoms with Crippen LogP contribution >= 0.6 is 0 Å². The Morgan fingerprint density at radius 1 is 1.19 bits per heavy atom. The van der Waals surface area contributed by atoms with Gasteiger partial charge in [0.05, 0.1) is 5.69 Å². The van der Waals surface area contributed by atoms with Gasteiger partial charge in [0.25, 0.3) is 0 Å². The molecule has 1 amide bonds. The van der Waals surface area contributed by atoms with Gasteiger partial charge in [-0.15, -0.1) is 0 Å². The molecule has 0 unspecified atom stereocenters. The SMILES string of the molecule is CC(C)(C)c1ccn(C2(C(=O)O)CCN(C(=O)[C@H]3CC34CCC4)CC2)n1. The van der Waals surface area contributed by atoms with Crippen LogP contribution in [0.5, 0.6) is 0 Å². The number of piperidine rings is 1. The van der Waals surface area contributed by atoms with Crippen LogP contribution < -0.4 is 0 Å². The van der Waals surface area contributed by atoms with E-state index in [2.05, 4.69) is 25.9 Å². The second-order valence-corrected chi connectivity index (χ2v) is 9.53. The normalized spacial score (nSPS) is 26.4. The van der Waals surface area contributed by atoms with E-state index in [0.717, 1.165) is 12.1 Å². The van der Waals surface area contributed by atoms with Gasteiger partial charge in [0.1, 0.15) is 0 Å². The summed E-state index contributed by atoms with van der Waals surface area (Å²) >= 11 is 0. The molecule has 4 rings (SSSR count). The van der Waals surface area contributed by atoms with E-state index in [4.69, 9.17) is 0 Å². The molecule has 0 aromatic carbocycles. The van der Waals surface area contributed by atoms with E-state index in [0.29, 0.717) is 31.3 Å². The number of carboxylic acids is 1. The van der Waals surface area contributed by atoms with Gasteiger partial charge in [-0.25, -0.2) is 4.79 Å².